The summed E-state index contributed by atoms with van der Waals surface area (Å²) in [6.45, 7) is 0.550. The first kappa shape index (κ1) is 8.43. The van der Waals surface area contributed by atoms with E-state index in [1.807, 2.05) is 30.4 Å². The summed E-state index contributed by atoms with van der Waals surface area (Å²) in [5, 5.41) is 0. The average Bonchev–Trinajstić information content (AvgIpc) is 2.01. The molecule has 0 saturated heterocycles. The summed E-state index contributed by atoms with van der Waals surface area (Å²) in [7, 11) is 0. The molecule has 0 atom stereocenters. The van der Waals surface area contributed by atoms with Gasteiger partial charge in [0.15, 0.2) is 0 Å². The Balaban J connectivity index is 2.79. The highest BCUT2D eigenvalue weighted by Gasteiger charge is 1.87. The number of hydrogen-bond acceptors (Lipinski definition) is 2. The smallest absolute Gasteiger partial charge is 0.106 e. The Morgan fingerprint density at radius 1 is 1.55 bits per heavy atom. The number of pyridine rings is 1. The molecule has 0 aliphatic carbocycles. The first-order valence-electron chi connectivity index (χ1n) is 3.32. The Morgan fingerprint density at radius 2 is 2.36 bits per heavy atom. The van der Waals surface area contributed by atoms with Crippen molar-refractivity contribution in [1.82, 2.24) is 4.98 Å². The van der Waals surface area contributed by atoms with Gasteiger partial charge in [-0.1, -0.05) is 12.1 Å². The van der Waals surface area contributed by atoms with Crippen LogP contribution in [0.25, 0.3) is 6.08 Å². The van der Waals surface area contributed by atoms with Crippen molar-refractivity contribution >= 4 is 22.0 Å². The minimum Gasteiger partial charge on any atom is -0.327 e. The van der Waals surface area contributed by atoms with E-state index in [1.165, 1.54) is 0 Å². The number of nitrogens with two attached hydrogens (primary N) is 1. The molecule has 1 aromatic rings. The number of hydrogen-bond donors (Lipinski definition) is 1. The summed E-state index contributed by atoms with van der Waals surface area (Å²) >= 11 is 3.28. The van der Waals surface area contributed by atoms with Gasteiger partial charge >= 0.3 is 0 Å². The molecule has 11 heavy (non-hydrogen) atoms. The van der Waals surface area contributed by atoms with Crippen LogP contribution in [0.3, 0.4) is 0 Å². The first-order chi connectivity index (χ1) is 5.33. The number of aromatic nitrogens is 1. The van der Waals surface area contributed by atoms with E-state index in [2.05, 4.69) is 20.9 Å². The molecule has 0 fully saturated rings. The Labute approximate surface area is 74.3 Å². The number of halogens is 1. The second-order valence-corrected chi connectivity index (χ2v) is 2.84. The molecule has 1 heterocycles. The van der Waals surface area contributed by atoms with E-state index in [-0.39, 0.29) is 0 Å². The Morgan fingerprint density at radius 3 is 3.00 bits per heavy atom. The summed E-state index contributed by atoms with van der Waals surface area (Å²) < 4.78 is 0.844. The molecule has 0 saturated carbocycles. The van der Waals surface area contributed by atoms with Crippen LogP contribution in [-0.4, -0.2) is 11.5 Å². The molecule has 0 aromatic carbocycles. The molecule has 58 valence electrons. The van der Waals surface area contributed by atoms with Gasteiger partial charge in [-0.25, -0.2) is 4.98 Å². The maximum absolute atomic E-state index is 5.29. The lowest BCUT2D eigenvalue weighted by Gasteiger charge is -1.91. The van der Waals surface area contributed by atoms with E-state index in [4.69, 9.17) is 5.73 Å². The quantitative estimate of drug-likeness (QED) is 0.761. The van der Waals surface area contributed by atoms with Crippen molar-refractivity contribution in [3.8, 4) is 0 Å². The van der Waals surface area contributed by atoms with Gasteiger partial charge in [0.1, 0.15) is 4.60 Å². The zero-order valence-electron chi connectivity index (χ0n) is 6.00. The lowest BCUT2D eigenvalue weighted by molar-refractivity contribution is 1.23. The highest BCUT2D eigenvalue weighted by molar-refractivity contribution is 9.10. The van der Waals surface area contributed by atoms with E-state index in [0.717, 1.165) is 10.3 Å². The molecule has 2 nitrogen and oxygen atoms in total. The van der Waals surface area contributed by atoms with Crippen LogP contribution in [0.1, 0.15) is 5.69 Å². The molecule has 0 amide bonds. The Kier molecular flexibility index (Phi) is 3.26. The molecule has 3 heteroatoms. The Hall–Kier alpha value is -0.670. The Bertz CT molecular complexity index is 258. The van der Waals surface area contributed by atoms with E-state index < -0.39 is 0 Å². The van der Waals surface area contributed by atoms with E-state index in [1.54, 1.807) is 0 Å². The van der Waals surface area contributed by atoms with Crippen LogP contribution in [0.15, 0.2) is 28.9 Å². The fourth-order valence-corrected chi connectivity index (χ4v) is 1.06. The van der Waals surface area contributed by atoms with Gasteiger partial charge in [0.25, 0.3) is 0 Å². The van der Waals surface area contributed by atoms with Crippen LogP contribution in [0.5, 0.6) is 0 Å². The van der Waals surface area contributed by atoms with Gasteiger partial charge in [0, 0.05) is 6.54 Å². The van der Waals surface area contributed by atoms with Gasteiger partial charge in [-0.2, -0.15) is 0 Å². The molecule has 0 radical (unpaired) electrons. The zero-order valence-corrected chi connectivity index (χ0v) is 7.58. The predicted molar refractivity (Wildman–Crippen MR) is 50.0 cm³/mol. The van der Waals surface area contributed by atoms with Crippen molar-refractivity contribution in [2.45, 2.75) is 0 Å². The third-order valence-electron chi connectivity index (χ3n) is 1.16. The molecule has 0 unspecified atom stereocenters. The van der Waals surface area contributed by atoms with Crippen LogP contribution in [-0.2, 0) is 0 Å². The summed E-state index contributed by atoms with van der Waals surface area (Å²) in [4.78, 5) is 4.18. The van der Waals surface area contributed by atoms with Gasteiger partial charge in [0.05, 0.1) is 5.69 Å². The summed E-state index contributed by atoms with van der Waals surface area (Å²) in [5.41, 5.74) is 6.21. The highest BCUT2D eigenvalue weighted by Crippen LogP contribution is 2.06. The zero-order chi connectivity index (χ0) is 8.10. The fourth-order valence-electron chi connectivity index (χ4n) is 0.706. The minimum absolute atomic E-state index is 0.550. The fraction of sp³-hybridized carbons (Fsp3) is 0.125. The van der Waals surface area contributed by atoms with Crippen molar-refractivity contribution in [3.05, 3.63) is 34.6 Å². The van der Waals surface area contributed by atoms with E-state index in [0.29, 0.717) is 6.54 Å². The van der Waals surface area contributed by atoms with Gasteiger partial charge < -0.3 is 5.73 Å². The van der Waals surface area contributed by atoms with Crippen LogP contribution in [0.4, 0.5) is 0 Å². The highest BCUT2D eigenvalue weighted by atomic mass is 79.9. The molecule has 0 aliphatic heterocycles. The molecule has 0 bridgehead atoms. The van der Waals surface area contributed by atoms with Crippen LogP contribution < -0.4 is 5.73 Å². The second kappa shape index (κ2) is 4.26. The molecule has 1 rings (SSSR count). The van der Waals surface area contributed by atoms with Crippen LogP contribution in [0.2, 0.25) is 0 Å². The predicted octanol–water partition coefficient (Wildman–Crippen LogP) is 1.82. The molecule has 0 spiro atoms. The molecular weight excluding hydrogens is 204 g/mol. The standard InChI is InChI=1S/C8H9BrN2/c9-8-5-1-3-7(11-8)4-2-6-10/h1-5H,6,10H2. The van der Waals surface area contributed by atoms with Gasteiger partial charge in [-0.3, -0.25) is 0 Å². The first-order valence-corrected chi connectivity index (χ1v) is 4.11. The maximum atomic E-state index is 5.29. The van der Waals surface area contributed by atoms with Gasteiger partial charge in [0.2, 0.25) is 0 Å². The number of nitrogens with zero attached hydrogens (tertiary/aromatic N) is 1. The van der Waals surface area contributed by atoms with E-state index in [9.17, 15) is 0 Å². The molecule has 2 N–H and O–H groups in total. The monoisotopic (exact) mass is 212 g/mol. The third-order valence-corrected chi connectivity index (χ3v) is 1.60. The lowest BCUT2D eigenvalue weighted by atomic mass is 10.3. The molecule has 0 aliphatic rings. The molecule has 1 aromatic heterocycles. The average molecular weight is 213 g/mol. The maximum Gasteiger partial charge on any atom is 0.106 e. The van der Waals surface area contributed by atoms with Crippen molar-refractivity contribution in [3.63, 3.8) is 0 Å². The summed E-state index contributed by atoms with van der Waals surface area (Å²) in [5.74, 6) is 0. The lowest BCUT2D eigenvalue weighted by Crippen LogP contribution is -1.92. The topological polar surface area (TPSA) is 38.9 Å². The van der Waals surface area contributed by atoms with Crippen LogP contribution in [0, 0.1) is 0 Å². The van der Waals surface area contributed by atoms with Crippen molar-refractivity contribution < 1.29 is 0 Å². The van der Waals surface area contributed by atoms with Crippen LogP contribution >= 0.6 is 15.9 Å². The largest absolute Gasteiger partial charge is 0.327 e. The number of rotatable bonds is 2. The normalized spacial score (nSPS) is 10.7. The minimum atomic E-state index is 0.550. The SMILES string of the molecule is NCC=Cc1cccc(Br)n1. The van der Waals surface area contributed by atoms with E-state index >= 15 is 0 Å². The van der Waals surface area contributed by atoms with Crippen molar-refractivity contribution in [2.75, 3.05) is 6.54 Å². The van der Waals surface area contributed by atoms with Crippen molar-refractivity contribution in [1.29, 1.82) is 0 Å². The summed E-state index contributed by atoms with van der Waals surface area (Å²) in [6, 6.07) is 5.75. The third kappa shape index (κ3) is 2.82. The second-order valence-electron chi connectivity index (χ2n) is 2.02. The molecular formula is C8H9BrN2. The van der Waals surface area contributed by atoms with Gasteiger partial charge in [-0.15, -0.1) is 0 Å². The van der Waals surface area contributed by atoms with Gasteiger partial charge in [-0.05, 0) is 34.1 Å². The van der Waals surface area contributed by atoms with Crippen molar-refractivity contribution in [2.24, 2.45) is 5.73 Å². The summed E-state index contributed by atoms with van der Waals surface area (Å²) in [6.07, 6.45) is 3.76.